The van der Waals surface area contributed by atoms with Gasteiger partial charge in [-0.2, -0.15) is 0 Å². The summed E-state index contributed by atoms with van der Waals surface area (Å²) in [5, 5.41) is 7.64. The van der Waals surface area contributed by atoms with E-state index in [0.717, 1.165) is 39.7 Å². The summed E-state index contributed by atoms with van der Waals surface area (Å²) in [5.41, 5.74) is 15.0. The Morgan fingerprint density at radius 3 is 1.46 bits per heavy atom. The lowest BCUT2D eigenvalue weighted by Gasteiger charge is -2.37. The smallest absolute Gasteiger partial charge is 0.156 e. The van der Waals surface area contributed by atoms with Crippen molar-refractivity contribution >= 4 is 49.4 Å². The summed E-state index contributed by atoms with van der Waals surface area (Å²) in [6.07, 6.45) is 0. The molecular weight excluding hydrogens is 691 g/mol. The minimum absolute atomic E-state index is 0.538. The lowest BCUT2D eigenvalue weighted by Crippen LogP contribution is -2.28. The molecule has 0 saturated carbocycles. The highest BCUT2D eigenvalue weighted by atomic mass is 16.5. The van der Waals surface area contributed by atoms with Crippen LogP contribution in [0.4, 0.5) is 17.1 Å². The molecule has 2 nitrogen and oxygen atoms in total. The molecule has 1 heterocycles. The number of benzene rings is 10. The van der Waals surface area contributed by atoms with Crippen molar-refractivity contribution in [1.29, 1.82) is 0 Å². The van der Waals surface area contributed by atoms with Gasteiger partial charge in [-0.25, -0.2) is 0 Å². The summed E-state index contributed by atoms with van der Waals surface area (Å²) in [5.74, 6) is 1.74. The Kier molecular flexibility index (Phi) is 6.13. The third-order valence-electron chi connectivity index (χ3n) is 12.8. The second kappa shape index (κ2) is 11.3. The van der Waals surface area contributed by atoms with Crippen LogP contribution in [-0.4, -0.2) is 0 Å². The van der Waals surface area contributed by atoms with E-state index in [-0.39, 0.29) is 0 Å². The molecule has 0 saturated heterocycles. The van der Waals surface area contributed by atoms with Gasteiger partial charge in [0.05, 0.1) is 16.8 Å². The molecule has 264 valence electrons. The second-order valence-corrected chi connectivity index (χ2v) is 15.5. The Hall–Kier alpha value is -7.42. The summed E-state index contributed by atoms with van der Waals surface area (Å²) >= 11 is 0. The van der Waals surface area contributed by atoms with Gasteiger partial charge in [0.1, 0.15) is 0 Å². The Morgan fingerprint density at radius 2 is 0.825 bits per heavy atom. The fraction of sp³-hybridized carbons (Fsp3) is 0.0182. The first-order valence-electron chi connectivity index (χ1n) is 19.8. The molecule has 0 unspecified atom stereocenters. The molecule has 0 aromatic heterocycles. The highest BCUT2D eigenvalue weighted by molar-refractivity contribution is 6.25. The molecule has 1 aliphatic heterocycles. The van der Waals surface area contributed by atoms with Crippen molar-refractivity contribution < 1.29 is 4.74 Å². The molecule has 2 heteroatoms. The van der Waals surface area contributed by atoms with Crippen molar-refractivity contribution in [2.75, 3.05) is 4.90 Å². The second-order valence-electron chi connectivity index (χ2n) is 15.5. The summed E-state index contributed by atoms with van der Waals surface area (Å²) in [4.78, 5) is 2.39. The molecule has 2 aliphatic carbocycles. The standard InChI is InChI=1S/C55H33NO/c1-2-14-36(15-3-1)56-50-30-27-35(34-26-28-41-39-18-5-4-16-37(39)38-17-6-7-19-40(38)46(41)32-34)33-52(50)57-54-51(56)31-29-45-44-22-10-13-25-49(44)55(53(45)54)47-23-11-8-20-42(47)43-21-9-12-24-48(43)55/h1-33H. The van der Waals surface area contributed by atoms with Crippen LogP contribution in [0.5, 0.6) is 11.5 Å². The zero-order valence-corrected chi connectivity index (χ0v) is 30.9. The maximum absolute atomic E-state index is 7.46. The fourth-order valence-corrected chi connectivity index (χ4v) is 10.6. The number of fused-ring (bicyclic) bond motifs is 19. The molecule has 10 aromatic carbocycles. The van der Waals surface area contributed by atoms with E-state index in [0.29, 0.717) is 0 Å². The van der Waals surface area contributed by atoms with E-state index >= 15 is 0 Å². The summed E-state index contributed by atoms with van der Waals surface area (Å²) in [6, 6.07) is 73.5. The molecule has 0 radical (unpaired) electrons. The van der Waals surface area contributed by atoms with Gasteiger partial charge in [0.15, 0.2) is 11.5 Å². The number of para-hydroxylation sites is 1. The van der Waals surface area contributed by atoms with E-state index in [1.807, 2.05) is 0 Å². The number of nitrogens with zero attached hydrogens (tertiary/aromatic N) is 1. The van der Waals surface area contributed by atoms with Gasteiger partial charge in [-0.15, -0.1) is 0 Å². The minimum atomic E-state index is -0.538. The van der Waals surface area contributed by atoms with Crippen LogP contribution in [0.25, 0.3) is 65.7 Å². The molecule has 57 heavy (non-hydrogen) atoms. The van der Waals surface area contributed by atoms with Gasteiger partial charge in [-0.3, -0.25) is 0 Å². The van der Waals surface area contributed by atoms with Crippen LogP contribution in [-0.2, 0) is 5.41 Å². The Labute approximate surface area is 330 Å². The SMILES string of the molecule is c1ccc(N2c3ccc(-c4ccc5c6ccccc6c6ccccc6c5c4)cc3Oc3c2ccc2c3C3(c4ccccc4-c4ccccc43)c3ccccc3-2)cc1. The van der Waals surface area contributed by atoms with Crippen LogP contribution in [0.2, 0.25) is 0 Å². The van der Waals surface area contributed by atoms with Crippen LogP contribution >= 0.6 is 0 Å². The quantitative estimate of drug-likeness (QED) is 0.165. The summed E-state index contributed by atoms with van der Waals surface area (Å²) in [6.45, 7) is 0. The molecule has 0 bridgehead atoms. The van der Waals surface area contributed by atoms with Crippen LogP contribution in [0.1, 0.15) is 22.3 Å². The van der Waals surface area contributed by atoms with Crippen LogP contribution < -0.4 is 9.64 Å². The first-order valence-corrected chi connectivity index (χ1v) is 19.8. The molecule has 0 atom stereocenters. The molecule has 0 N–H and O–H groups in total. The zero-order valence-electron chi connectivity index (χ0n) is 30.9. The fourth-order valence-electron chi connectivity index (χ4n) is 10.6. The predicted molar refractivity (Wildman–Crippen MR) is 235 cm³/mol. The lowest BCUT2D eigenvalue weighted by molar-refractivity contribution is 0.466. The van der Waals surface area contributed by atoms with Gasteiger partial charge >= 0.3 is 0 Å². The van der Waals surface area contributed by atoms with Gasteiger partial charge in [-0.1, -0.05) is 164 Å². The van der Waals surface area contributed by atoms with E-state index in [2.05, 4.69) is 205 Å². The zero-order chi connectivity index (χ0) is 37.2. The molecular formula is C55H33NO. The normalized spacial score (nSPS) is 13.9. The Bertz CT molecular complexity index is 3240. The number of hydrogen-bond acceptors (Lipinski definition) is 2. The largest absolute Gasteiger partial charge is 0.453 e. The van der Waals surface area contributed by atoms with Crippen molar-refractivity contribution in [2.45, 2.75) is 5.41 Å². The number of hydrogen-bond donors (Lipinski definition) is 0. The third-order valence-corrected chi connectivity index (χ3v) is 12.8. The third kappa shape index (κ3) is 3.99. The highest BCUT2D eigenvalue weighted by Gasteiger charge is 2.54. The molecule has 13 rings (SSSR count). The van der Waals surface area contributed by atoms with Crippen LogP contribution in [0, 0.1) is 0 Å². The van der Waals surface area contributed by atoms with E-state index in [4.69, 9.17) is 4.74 Å². The highest BCUT2D eigenvalue weighted by Crippen LogP contribution is 2.67. The van der Waals surface area contributed by atoms with E-state index in [1.165, 1.54) is 76.8 Å². The summed E-state index contributed by atoms with van der Waals surface area (Å²) < 4.78 is 7.46. The number of rotatable bonds is 2. The van der Waals surface area contributed by atoms with Crippen LogP contribution in [0.15, 0.2) is 200 Å². The molecule has 0 fully saturated rings. The van der Waals surface area contributed by atoms with Crippen molar-refractivity contribution in [1.82, 2.24) is 0 Å². The maximum Gasteiger partial charge on any atom is 0.156 e. The van der Waals surface area contributed by atoms with Gasteiger partial charge in [-0.05, 0) is 119 Å². The molecule has 10 aromatic rings. The van der Waals surface area contributed by atoms with Crippen molar-refractivity contribution in [3.05, 3.63) is 222 Å². The topological polar surface area (TPSA) is 12.5 Å². The average molecular weight is 724 g/mol. The van der Waals surface area contributed by atoms with Crippen molar-refractivity contribution in [2.24, 2.45) is 0 Å². The monoisotopic (exact) mass is 723 g/mol. The van der Waals surface area contributed by atoms with E-state index in [9.17, 15) is 0 Å². The summed E-state index contributed by atoms with van der Waals surface area (Å²) in [7, 11) is 0. The molecule has 1 spiro atoms. The van der Waals surface area contributed by atoms with Crippen molar-refractivity contribution in [3.8, 4) is 44.9 Å². The number of anilines is 3. The molecule has 0 amide bonds. The first-order chi connectivity index (χ1) is 28.3. The lowest BCUT2D eigenvalue weighted by atomic mass is 9.70. The van der Waals surface area contributed by atoms with E-state index in [1.54, 1.807) is 0 Å². The van der Waals surface area contributed by atoms with Gasteiger partial charge < -0.3 is 9.64 Å². The molecule has 3 aliphatic rings. The predicted octanol–water partition coefficient (Wildman–Crippen LogP) is 14.7. The minimum Gasteiger partial charge on any atom is -0.453 e. The Morgan fingerprint density at radius 1 is 0.351 bits per heavy atom. The van der Waals surface area contributed by atoms with E-state index < -0.39 is 5.41 Å². The van der Waals surface area contributed by atoms with Gasteiger partial charge in [0.25, 0.3) is 0 Å². The first kappa shape index (κ1) is 30.9. The Balaban J connectivity index is 1.07. The van der Waals surface area contributed by atoms with Gasteiger partial charge in [0, 0.05) is 11.3 Å². The average Bonchev–Trinajstić information content (AvgIpc) is 3.76. The maximum atomic E-state index is 7.46. The van der Waals surface area contributed by atoms with Crippen LogP contribution in [0.3, 0.4) is 0 Å². The number of ether oxygens (including phenoxy) is 1. The van der Waals surface area contributed by atoms with Crippen molar-refractivity contribution in [3.63, 3.8) is 0 Å². The van der Waals surface area contributed by atoms with Gasteiger partial charge in [0.2, 0.25) is 0 Å².